The Morgan fingerprint density at radius 1 is 1.00 bits per heavy atom. The molecule has 3 rings (SSSR count). The number of carboxylic acids is 1. The molecule has 0 saturated heterocycles. The SMILES string of the molecule is O=C(O)c1ccnc(Nc2ccc3ccccc3c2)c1. The summed E-state index contributed by atoms with van der Waals surface area (Å²) in [7, 11) is 0. The van der Waals surface area contributed by atoms with Crippen molar-refractivity contribution in [2.75, 3.05) is 5.32 Å². The van der Waals surface area contributed by atoms with Gasteiger partial charge in [0.2, 0.25) is 0 Å². The van der Waals surface area contributed by atoms with Gasteiger partial charge in [0.15, 0.2) is 0 Å². The van der Waals surface area contributed by atoms with Crippen LogP contribution in [0.3, 0.4) is 0 Å². The summed E-state index contributed by atoms with van der Waals surface area (Å²) in [5, 5.41) is 14.4. The fourth-order valence-electron chi connectivity index (χ4n) is 2.05. The number of pyridine rings is 1. The van der Waals surface area contributed by atoms with Gasteiger partial charge in [0.05, 0.1) is 5.56 Å². The van der Waals surface area contributed by atoms with Crippen molar-refractivity contribution >= 4 is 28.2 Å². The first-order valence-electron chi connectivity index (χ1n) is 6.17. The standard InChI is InChI=1S/C16H12N2O2/c19-16(20)13-7-8-17-15(10-13)18-14-6-5-11-3-1-2-4-12(11)9-14/h1-10H,(H,17,18)(H,19,20). The van der Waals surface area contributed by atoms with Crippen LogP contribution in [0, 0.1) is 0 Å². The van der Waals surface area contributed by atoms with Crippen molar-refractivity contribution in [1.29, 1.82) is 0 Å². The van der Waals surface area contributed by atoms with Crippen LogP contribution in [0.15, 0.2) is 60.8 Å². The Morgan fingerprint density at radius 2 is 1.80 bits per heavy atom. The van der Waals surface area contributed by atoms with Crippen LogP contribution in [0.1, 0.15) is 10.4 Å². The second kappa shape index (κ2) is 5.01. The first-order valence-corrected chi connectivity index (χ1v) is 6.17. The lowest BCUT2D eigenvalue weighted by Crippen LogP contribution is -1.99. The number of aromatic carboxylic acids is 1. The number of hydrogen-bond donors (Lipinski definition) is 2. The molecule has 0 unspecified atom stereocenters. The summed E-state index contributed by atoms with van der Waals surface area (Å²) < 4.78 is 0. The topological polar surface area (TPSA) is 62.2 Å². The van der Waals surface area contributed by atoms with E-state index in [1.807, 2.05) is 42.5 Å². The Bertz CT molecular complexity index is 784. The molecule has 0 aliphatic rings. The zero-order valence-electron chi connectivity index (χ0n) is 10.6. The molecular formula is C16H12N2O2. The van der Waals surface area contributed by atoms with Crippen LogP contribution in [-0.4, -0.2) is 16.1 Å². The van der Waals surface area contributed by atoms with Gasteiger partial charge in [-0.3, -0.25) is 0 Å². The van der Waals surface area contributed by atoms with E-state index in [0.717, 1.165) is 16.5 Å². The Morgan fingerprint density at radius 3 is 2.60 bits per heavy atom. The van der Waals surface area contributed by atoms with E-state index >= 15 is 0 Å². The highest BCUT2D eigenvalue weighted by Crippen LogP contribution is 2.21. The summed E-state index contributed by atoms with van der Waals surface area (Å²) in [6.07, 6.45) is 1.48. The second-order valence-corrected chi connectivity index (χ2v) is 4.42. The minimum Gasteiger partial charge on any atom is -0.478 e. The third-order valence-corrected chi connectivity index (χ3v) is 3.03. The maximum Gasteiger partial charge on any atom is 0.335 e. The molecule has 4 nitrogen and oxygen atoms in total. The van der Waals surface area contributed by atoms with Gasteiger partial charge in [-0.25, -0.2) is 9.78 Å². The number of carbonyl (C=O) groups is 1. The van der Waals surface area contributed by atoms with Crippen LogP contribution in [0.2, 0.25) is 0 Å². The van der Waals surface area contributed by atoms with Gasteiger partial charge >= 0.3 is 5.97 Å². The summed E-state index contributed by atoms with van der Waals surface area (Å²) in [6, 6.07) is 17.0. The third kappa shape index (κ3) is 2.44. The molecule has 98 valence electrons. The van der Waals surface area contributed by atoms with E-state index in [9.17, 15) is 4.79 Å². The van der Waals surface area contributed by atoms with E-state index in [1.54, 1.807) is 0 Å². The van der Waals surface area contributed by atoms with Crippen molar-refractivity contribution in [2.45, 2.75) is 0 Å². The van der Waals surface area contributed by atoms with Crippen molar-refractivity contribution in [1.82, 2.24) is 4.98 Å². The summed E-state index contributed by atoms with van der Waals surface area (Å²) in [5.41, 5.74) is 1.09. The lowest BCUT2D eigenvalue weighted by molar-refractivity contribution is 0.0697. The first kappa shape index (κ1) is 12.2. The average molecular weight is 264 g/mol. The molecule has 2 N–H and O–H groups in total. The Kier molecular flexibility index (Phi) is 3.05. The van der Waals surface area contributed by atoms with E-state index in [0.29, 0.717) is 5.82 Å². The van der Waals surface area contributed by atoms with Gasteiger partial charge in [-0.15, -0.1) is 0 Å². The number of hydrogen-bond acceptors (Lipinski definition) is 3. The highest BCUT2D eigenvalue weighted by atomic mass is 16.4. The molecular weight excluding hydrogens is 252 g/mol. The summed E-state index contributed by atoms with van der Waals surface area (Å²) >= 11 is 0. The number of rotatable bonds is 3. The highest BCUT2D eigenvalue weighted by Gasteiger charge is 2.04. The van der Waals surface area contributed by atoms with Crippen molar-refractivity contribution in [3.05, 3.63) is 66.4 Å². The van der Waals surface area contributed by atoms with Crippen LogP contribution < -0.4 is 5.32 Å². The average Bonchev–Trinajstić information content (AvgIpc) is 2.47. The number of carboxylic acid groups (broad SMARTS) is 1. The molecule has 0 aliphatic carbocycles. The predicted molar refractivity (Wildman–Crippen MR) is 78.4 cm³/mol. The molecule has 0 spiro atoms. The van der Waals surface area contributed by atoms with Gasteiger partial charge in [0, 0.05) is 11.9 Å². The molecule has 20 heavy (non-hydrogen) atoms. The van der Waals surface area contributed by atoms with Gasteiger partial charge in [0.1, 0.15) is 5.82 Å². The van der Waals surface area contributed by atoms with E-state index < -0.39 is 5.97 Å². The maximum atomic E-state index is 10.9. The number of fused-ring (bicyclic) bond motifs is 1. The van der Waals surface area contributed by atoms with E-state index in [4.69, 9.17) is 5.11 Å². The molecule has 1 aromatic heterocycles. The van der Waals surface area contributed by atoms with Gasteiger partial charge in [0.25, 0.3) is 0 Å². The Hall–Kier alpha value is -2.88. The normalized spacial score (nSPS) is 10.4. The quantitative estimate of drug-likeness (QED) is 0.757. The summed E-state index contributed by atoms with van der Waals surface area (Å²) in [5.74, 6) is -0.450. The van der Waals surface area contributed by atoms with Crippen LogP contribution >= 0.6 is 0 Å². The summed E-state index contributed by atoms with van der Waals surface area (Å²) in [4.78, 5) is 15.0. The van der Waals surface area contributed by atoms with Crippen LogP contribution in [0.4, 0.5) is 11.5 Å². The minimum absolute atomic E-state index is 0.211. The molecule has 3 aromatic rings. The number of nitrogens with one attached hydrogen (secondary N) is 1. The molecule has 0 aliphatic heterocycles. The van der Waals surface area contributed by atoms with Gasteiger partial charge in [-0.2, -0.15) is 0 Å². The van der Waals surface area contributed by atoms with Gasteiger partial charge < -0.3 is 10.4 Å². The highest BCUT2D eigenvalue weighted by molar-refractivity contribution is 5.89. The molecule has 0 atom stereocenters. The summed E-state index contributed by atoms with van der Waals surface area (Å²) in [6.45, 7) is 0. The lowest BCUT2D eigenvalue weighted by Gasteiger charge is -2.07. The fraction of sp³-hybridized carbons (Fsp3) is 0. The molecule has 0 fully saturated rings. The monoisotopic (exact) mass is 264 g/mol. The largest absolute Gasteiger partial charge is 0.478 e. The number of benzene rings is 2. The van der Waals surface area contributed by atoms with Crippen molar-refractivity contribution in [2.24, 2.45) is 0 Å². The number of nitrogens with zero attached hydrogens (tertiary/aromatic N) is 1. The maximum absolute atomic E-state index is 10.9. The number of aromatic nitrogens is 1. The zero-order valence-corrected chi connectivity index (χ0v) is 10.6. The molecule has 0 amide bonds. The molecule has 4 heteroatoms. The van der Waals surface area contributed by atoms with Crippen molar-refractivity contribution in [3.63, 3.8) is 0 Å². The molecule has 0 radical (unpaired) electrons. The van der Waals surface area contributed by atoms with E-state index in [2.05, 4.69) is 10.3 Å². The smallest absolute Gasteiger partial charge is 0.335 e. The van der Waals surface area contributed by atoms with Crippen molar-refractivity contribution < 1.29 is 9.90 Å². The Labute approximate surface area is 115 Å². The lowest BCUT2D eigenvalue weighted by atomic mass is 10.1. The van der Waals surface area contributed by atoms with Crippen LogP contribution in [0.25, 0.3) is 10.8 Å². The van der Waals surface area contributed by atoms with Crippen molar-refractivity contribution in [3.8, 4) is 0 Å². The third-order valence-electron chi connectivity index (χ3n) is 3.03. The minimum atomic E-state index is -0.964. The molecule has 1 heterocycles. The van der Waals surface area contributed by atoms with Crippen LogP contribution in [0.5, 0.6) is 0 Å². The Balaban J connectivity index is 1.92. The van der Waals surface area contributed by atoms with E-state index in [1.165, 1.54) is 18.3 Å². The van der Waals surface area contributed by atoms with Gasteiger partial charge in [-0.1, -0.05) is 30.3 Å². The van der Waals surface area contributed by atoms with Crippen LogP contribution in [-0.2, 0) is 0 Å². The molecule has 2 aromatic carbocycles. The number of anilines is 2. The fourth-order valence-corrected chi connectivity index (χ4v) is 2.05. The second-order valence-electron chi connectivity index (χ2n) is 4.42. The predicted octanol–water partition coefficient (Wildman–Crippen LogP) is 3.68. The van der Waals surface area contributed by atoms with Gasteiger partial charge in [-0.05, 0) is 35.0 Å². The molecule has 0 bridgehead atoms. The molecule has 0 saturated carbocycles. The van der Waals surface area contributed by atoms with E-state index in [-0.39, 0.29) is 5.56 Å². The first-order chi connectivity index (χ1) is 9.72. The zero-order chi connectivity index (χ0) is 13.9.